The second-order valence-electron chi connectivity index (χ2n) is 7.47. The Morgan fingerprint density at radius 3 is 2.23 bits per heavy atom. The number of rotatable bonds is 5. The number of carbonyl (C=O) groups is 2. The van der Waals surface area contributed by atoms with Crippen LogP contribution in [0.5, 0.6) is 11.5 Å². The highest BCUT2D eigenvalue weighted by Gasteiger charge is 2.47. The number of methoxy groups -OCH3 is 1. The molecule has 4 rings (SSSR count). The number of anilines is 1. The number of alkyl halides is 3. The normalized spacial score (nSPS) is 17.5. The monoisotopic (exact) mass is 547 g/mol. The lowest BCUT2D eigenvalue weighted by atomic mass is 9.95. The predicted octanol–water partition coefficient (Wildman–Crippen LogP) is 5.98. The number of aliphatic hydroxyl groups is 1. The second kappa shape index (κ2) is 9.46. The van der Waals surface area contributed by atoms with Gasteiger partial charge < -0.3 is 14.6 Å². The second-order valence-corrected chi connectivity index (χ2v) is 8.33. The molecule has 35 heavy (non-hydrogen) atoms. The Hall–Kier alpha value is -3.79. The van der Waals surface area contributed by atoms with Crippen LogP contribution in [0, 0.1) is 0 Å². The summed E-state index contributed by atoms with van der Waals surface area (Å²) in [4.78, 5) is 27.4. The zero-order chi connectivity index (χ0) is 25.3. The van der Waals surface area contributed by atoms with Gasteiger partial charge in [-0.1, -0.05) is 30.3 Å². The number of carbonyl (C=O) groups excluding carboxylic acids is 2. The van der Waals surface area contributed by atoms with Crippen molar-refractivity contribution in [2.24, 2.45) is 0 Å². The molecule has 1 aliphatic rings. The number of amides is 1. The van der Waals surface area contributed by atoms with Crippen LogP contribution in [-0.4, -0.2) is 30.3 Å². The summed E-state index contributed by atoms with van der Waals surface area (Å²) in [7, 11) is 1.48. The number of benzene rings is 3. The van der Waals surface area contributed by atoms with Gasteiger partial charge >= 0.3 is 6.36 Å². The molecule has 180 valence electrons. The summed E-state index contributed by atoms with van der Waals surface area (Å²) in [5.41, 5.74) is 0.793. The van der Waals surface area contributed by atoms with E-state index in [1.54, 1.807) is 42.5 Å². The van der Waals surface area contributed by atoms with Crippen LogP contribution in [0.3, 0.4) is 0 Å². The molecule has 1 aliphatic heterocycles. The summed E-state index contributed by atoms with van der Waals surface area (Å²) in [5.74, 6) is -2.24. The van der Waals surface area contributed by atoms with Crippen molar-refractivity contribution in [3.05, 3.63) is 94.0 Å². The number of hydrogen-bond donors (Lipinski definition) is 1. The fourth-order valence-electron chi connectivity index (χ4n) is 3.83. The molecular formula is C25H17BrF3NO5. The Balaban J connectivity index is 1.84. The third-order valence-corrected chi connectivity index (χ3v) is 5.95. The number of aliphatic hydroxyl groups excluding tert-OH is 1. The van der Waals surface area contributed by atoms with Crippen molar-refractivity contribution in [2.45, 2.75) is 12.4 Å². The maximum Gasteiger partial charge on any atom is 0.573 e. The lowest BCUT2D eigenvalue weighted by Crippen LogP contribution is -2.29. The van der Waals surface area contributed by atoms with Crippen molar-refractivity contribution in [3.63, 3.8) is 0 Å². The average molecular weight is 548 g/mol. The molecule has 0 spiro atoms. The molecule has 0 saturated carbocycles. The number of nitrogens with zero attached hydrogens (tertiary/aromatic N) is 1. The van der Waals surface area contributed by atoms with Crippen molar-refractivity contribution in [3.8, 4) is 11.5 Å². The highest BCUT2D eigenvalue weighted by atomic mass is 79.9. The highest BCUT2D eigenvalue weighted by Crippen LogP contribution is 2.43. The van der Waals surface area contributed by atoms with Gasteiger partial charge in [0.05, 0.1) is 23.2 Å². The van der Waals surface area contributed by atoms with Crippen molar-refractivity contribution in [1.82, 2.24) is 0 Å². The zero-order valence-corrected chi connectivity index (χ0v) is 19.6. The highest BCUT2D eigenvalue weighted by molar-refractivity contribution is 9.10. The first-order valence-corrected chi connectivity index (χ1v) is 11.0. The van der Waals surface area contributed by atoms with Crippen molar-refractivity contribution < 1.29 is 37.3 Å². The van der Waals surface area contributed by atoms with Crippen molar-refractivity contribution in [1.29, 1.82) is 0 Å². The van der Waals surface area contributed by atoms with Crippen LogP contribution in [0.15, 0.2) is 82.8 Å². The first kappa shape index (κ1) is 24.3. The van der Waals surface area contributed by atoms with Crippen LogP contribution in [0.2, 0.25) is 0 Å². The Bertz CT molecular complexity index is 1310. The van der Waals surface area contributed by atoms with Gasteiger partial charge in [0, 0.05) is 11.3 Å². The number of Topliss-reactive ketones (excluding diaryl/α,β-unsaturated/α-hetero) is 1. The first-order chi connectivity index (χ1) is 16.6. The summed E-state index contributed by atoms with van der Waals surface area (Å²) < 4.78 is 47.2. The summed E-state index contributed by atoms with van der Waals surface area (Å²) >= 11 is 3.33. The molecule has 10 heteroatoms. The topological polar surface area (TPSA) is 76.1 Å². The van der Waals surface area contributed by atoms with Crippen molar-refractivity contribution in [2.75, 3.05) is 12.0 Å². The van der Waals surface area contributed by atoms with E-state index < -0.39 is 35.6 Å². The standard InChI is InChI=1S/C25H17BrF3NO5/c1-34-19-12-7-15(13-18(19)26)22(31)20-21(14-5-3-2-4-6-14)30(24(33)23(20)32)16-8-10-17(11-9-16)35-25(27,28)29/h2-13,21,31H,1H3/b22-20-. The molecular weight excluding hydrogens is 531 g/mol. The number of halogens is 4. The fraction of sp³-hybridized carbons (Fsp3) is 0.120. The fourth-order valence-corrected chi connectivity index (χ4v) is 4.37. The van der Waals surface area contributed by atoms with Crippen LogP contribution < -0.4 is 14.4 Å². The zero-order valence-electron chi connectivity index (χ0n) is 18.0. The van der Waals surface area contributed by atoms with Gasteiger partial charge in [0.2, 0.25) is 0 Å². The van der Waals surface area contributed by atoms with Crippen LogP contribution >= 0.6 is 15.9 Å². The van der Waals surface area contributed by atoms with Crippen LogP contribution in [0.1, 0.15) is 17.2 Å². The lowest BCUT2D eigenvalue weighted by molar-refractivity contribution is -0.274. The molecule has 0 aromatic heterocycles. The smallest absolute Gasteiger partial charge is 0.507 e. The summed E-state index contributed by atoms with van der Waals surface area (Å²) in [6.45, 7) is 0. The Morgan fingerprint density at radius 1 is 1.00 bits per heavy atom. The number of ketones is 1. The van der Waals surface area contributed by atoms with Crippen LogP contribution in [0.4, 0.5) is 18.9 Å². The van der Waals surface area contributed by atoms with E-state index in [4.69, 9.17) is 4.74 Å². The quantitative estimate of drug-likeness (QED) is 0.241. The SMILES string of the molecule is COc1ccc(/C(O)=C2/C(=O)C(=O)N(c3ccc(OC(F)(F)F)cc3)C2c2ccccc2)cc1Br. The minimum absolute atomic E-state index is 0.158. The average Bonchev–Trinajstić information content (AvgIpc) is 3.09. The van der Waals surface area contributed by atoms with Crippen LogP contribution in [-0.2, 0) is 9.59 Å². The van der Waals surface area contributed by atoms with Crippen LogP contribution in [0.25, 0.3) is 5.76 Å². The number of hydrogen-bond acceptors (Lipinski definition) is 5. The van der Waals surface area contributed by atoms with Gasteiger partial charge in [-0.2, -0.15) is 0 Å². The van der Waals surface area contributed by atoms with Gasteiger partial charge in [0.15, 0.2) is 0 Å². The molecule has 1 heterocycles. The summed E-state index contributed by atoms with van der Waals surface area (Å²) in [5, 5.41) is 11.1. The predicted molar refractivity (Wildman–Crippen MR) is 125 cm³/mol. The first-order valence-electron chi connectivity index (χ1n) is 10.2. The van der Waals surface area contributed by atoms with E-state index in [0.717, 1.165) is 17.0 Å². The Labute approximate surface area is 206 Å². The van der Waals surface area contributed by atoms with E-state index in [2.05, 4.69) is 20.7 Å². The third kappa shape index (κ3) is 4.88. The van der Waals surface area contributed by atoms with Gasteiger partial charge in [-0.25, -0.2) is 0 Å². The maximum absolute atomic E-state index is 13.1. The molecule has 1 saturated heterocycles. The van der Waals surface area contributed by atoms with E-state index in [-0.39, 0.29) is 16.8 Å². The molecule has 0 aliphatic carbocycles. The van der Waals surface area contributed by atoms with Gasteiger partial charge in [-0.15, -0.1) is 13.2 Å². The van der Waals surface area contributed by atoms with Gasteiger partial charge in [0.1, 0.15) is 17.3 Å². The molecule has 6 nitrogen and oxygen atoms in total. The Kier molecular flexibility index (Phi) is 6.58. The largest absolute Gasteiger partial charge is 0.573 e. The molecule has 1 atom stereocenters. The minimum atomic E-state index is -4.87. The lowest BCUT2D eigenvalue weighted by Gasteiger charge is -2.25. The van der Waals surface area contributed by atoms with E-state index >= 15 is 0 Å². The molecule has 0 radical (unpaired) electrons. The van der Waals surface area contributed by atoms with E-state index in [0.29, 0.717) is 15.8 Å². The molecule has 3 aromatic rings. The molecule has 0 bridgehead atoms. The van der Waals surface area contributed by atoms with Gasteiger partial charge in [-0.3, -0.25) is 14.5 Å². The van der Waals surface area contributed by atoms with Gasteiger partial charge in [0.25, 0.3) is 11.7 Å². The van der Waals surface area contributed by atoms with E-state index in [1.165, 1.54) is 25.3 Å². The summed E-state index contributed by atoms with van der Waals surface area (Å²) in [6, 6.07) is 16.8. The Morgan fingerprint density at radius 2 is 1.66 bits per heavy atom. The van der Waals surface area contributed by atoms with Crippen molar-refractivity contribution >= 4 is 39.1 Å². The minimum Gasteiger partial charge on any atom is -0.507 e. The van der Waals surface area contributed by atoms with E-state index in [9.17, 15) is 27.9 Å². The molecule has 3 aromatic carbocycles. The molecule has 1 N–H and O–H groups in total. The number of ether oxygens (including phenoxy) is 2. The molecule has 1 fully saturated rings. The molecule has 1 unspecified atom stereocenters. The summed E-state index contributed by atoms with van der Waals surface area (Å²) in [6.07, 6.45) is -4.87. The van der Waals surface area contributed by atoms with Gasteiger partial charge in [-0.05, 0) is 64.0 Å². The maximum atomic E-state index is 13.1. The molecule has 1 amide bonds. The third-order valence-electron chi connectivity index (χ3n) is 5.33. The van der Waals surface area contributed by atoms with E-state index in [1.807, 2.05) is 0 Å².